The largest absolute Gasteiger partial charge is 0.316 e. The number of nitrogens with one attached hydrogen (secondary N) is 1. The molecule has 0 saturated heterocycles. The van der Waals surface area contributed by atoms with Crippen LogP contribution in [-0.4, -0.2) is 25.1 Å². The Balaban J connectivity index is 3.03. The van der Waals surface area contributed by atoms with Gasteiger partial charge in [-0.25, -0.2) is 0 Å². The summed E-state index contributed by atoms with van der Waals surface area (Å²) in [4.78, 5) is 0. The molecule has 0 amide bonds. The van der Waals surface area contributed by atoms with E-state index in [1.54, 1.807) is 0 Å². The van der Waals surface area contributed by atoms with E-state index >= 15 is 0 Å². The van der Waals surface area contributed by atoms with Gasteiger partial charge in [0.1, 0.15) is 0 Å². The van der Waals surface area contributed by atoms with Crippen molar-refractivity contribution in [3.8, 4) is 0 Å². The standard InChI is InChI=1S/C10H21NS/c1-4-5-6-7-12-9-10(2)8-11-3/h11H,2,4-9H2,1,3H3. The molecule has 0 aliphatic carbocycles. The molecule has 0 bridgehead atoms. The highest BCUT2D eigenvalue weighted by molar-refractivity contribution is 7.99. The molecule has 72 valence electrons. The lowest BCUT2D eigenvalue weighted by molar-refractivity contribution is 0.778. The summed E-state index contributed by atoms with van der Waals surface area (Å²) in [6, 6.07) is 0. The topological polar surface area (TPSA) is 12.0 Å². The average Bonchev–Trinajstić information content (AvgIpc) is 2.05. The summed E-state index contributed by atoms with van der Waals surface area (Å²) in [6.45, 7) is 7.18. The van der Waals surface area contributed by atoms with E-state index in [2.05, 4.69) is 18.8 Å². The van der Waals surface area contributed by atoms with Crippen LogP contribution in [-0.2, 0) is 0 Å². The third-order valence-corrected chi connectivity index (χ3v) is 2.81. The summed E-state index contributed by atoms with van der Waals surface area (Å²) in [5.41, 5.74) is 1.30. The van der Waals surface area contributed by atoms with Gasteiger partial charge in [0.05, 0.1) is 0 Å². The van der Waals surface area contributed by atoms with E-state index in [4.69, 9.17) is 0 Å². The first-order valence-corrected chi connectivity index (χ1v) is 5.85. The molecule has 0 fully saturated rings. The minimum atomic E-state index is 0.959. The first-order valence-electron chi connectivity index (χ1n) is 4.70. The normalized spacial score (nSPS) is 10.2. The van der Waals surface area contributed by atoms with Crippen molar-refractivity contribution in [2.45, 2.75) is 26.2 Å². The van der Waals surface area contributed by atoms with Gasteiger partial charge >= 0.3 is 0 Å². The summed E-state index contributed by atoms with van der Waals surface area (Å²) in [5.74, 6) is 2.40. The maximum absolute atomic E-state index is 3.98. The lowest BCUT2D eigenvalue weighted by Crippen LogP contribution is -2.11. The summed E-state index contributed by atoms with van der Waals surface area (Å²) in [7, 11) is 1.97. The minimum absolute atomic E-state index is 0.959. The molecule has 1 N–H and O–H groups in total. The summed E-state index contributed by atoms with van der Waals surface area (Å²) in [6.07, 6.45) is 4.04. The second-order valence-corrected chi connectivity index (χ2v) is 4.15. The molecule has 1 nitrogen and oxygen atoms in total. The van der Waals surface area contributed by atoms with Crippen molar-refractivity contribution in [3.05, 3.63) is 12.2 Å². The molecule has 0 atom stereocenters. The van der Waals surface area contributed by atoms with E-state index in [9.17, 15) is 0 Å². The van der Waals surface area contributed by atoms with Crippen LogP contribution in [0.25, 0.3) is 0 Å². The van der Waals surface area contributed by atoms with Crippen LogP contribution in [0, 0.1) is 0 Å². The Morgan fingerprint density at radius 1 is 1.42 bits per heavy atom. The molecular formula is C10H21NS. The molecule has 0 heterocycles. The van der Waals surface area contributed by atoms with Crippen molar-refractivity contribution in [3.63, 3.8) is 0 Å². The Bertz CT molecular complexity index is 112. The molecule has 0 saturated carbocycles. The molecule has 0 spiro atoms. The fourth-order valence-electron chi connectivity index (χ4n) is 0.972. The number of thioether (sulfide) groups is 1. The zero-order chi connectivity index (χ0) is 9.23. The van der Waals surface area contributed by atoms with Crippen LogP contribution < -0.4 is 5.32 Å². The van der Waals surface area contributed by atoms with Gasteiger partial charge in [-0.2, -0.15) is 11.8 Å². The third-order valence-electron chi connectivity index (χ3n) is 1.63. The first-order chi connectivity index (χ1) is 5.81. The Kier molecular flexibility index (Phi) is 9.18. The van der Waals surface area contributed by atoms with Crippen molar-refractivity contribution in [2.24, 2.45) is 0 Å². The van der Waals surface area contributed by atoms with Crippen LogP contribution in [0.15, 0.2) is 12.2 Å². The van der Waals surface area contributed by atoms with E-state index in [1.165, 1.54) is 30.6 Å². The molecular weight excluding hydrogens is 166 g/mol. The third kappa shape index (κ3) is 8.15. The van der Waals surface area contributed by atoms with Crippen LogP contribution in [0.1, 0.15) is 26.2 Å². The summed E-state index contributed by atoms with van der Waals surface area (Å²) in [5, 5.41) is 3.11. The monoisotopic (exact) mass is 187 g/mol. The number of hydrogen-bond acceptors (Lipinski definition) is 2. The maximum atomic E-state index is 3.98. The zero-order valence-corrected chi connectivity index (χ0v) is 9.17. The number of unbranched alkanes of at least 4 members (excludes halogenated alkanes) is 2. The van der Waals surface area contributed by atoms with Crippen LogP contribution in [0.2, 0.25) is 0 Å². The van der Waals surface area contributed by atoms with Gasteiger partial charge in [-0.3, -0.25) is 0 Å². The smallest absolute Gasteiger partial charge is 0.0167 e. The van der Waals surface area contributed by atoms with Gasteiger partial charge in [-0.05, 0) is 19.2 Å². The van der Waals surface area contributed by atoms with Gasteiger partial charge in [0.15, 0.2) is 0 Å². The molecule has 12 heavy (non-hydrogen) atoms. The molecule has 0 aliphatic rings. The van der Waals surface area contributed by atoms with Crippen molar-refractivity contribution in [1.82, 2.24) is 5.32 Å². The lowest BCUT2D eigenvalue weighted by atomic mass is 10.3. The Hall–Kier alpha value is 0.0500. The van der Waals surface area contributed by atoms with Crippen LogP contribution in [0.5, 0.6) is 0 Å². The van der Waals surface area contributed by atoms with Crippen LogP contribution >= 0.6 is 11.8 Å². The zero-order valence-electron chi connectivity index (χ0n) is 8.36. The Morgan fingerprint density at radius 2 is 2.17 bits per heavy atom. The highest BCUT2D eigenvalue weighted by Crippen LogP contribution is 2.09. The summed E-state index contributed by atoms with van der Waals surface area (Å²) < 4.78 is 0. The van der Waals surface area contributed by atoms with Gasteiger partial charge in [0.2, 0.25) is 0 Å². The van der Waals surface area contributed by atoms with Gasteiger partial charge in [-0.15, -0.1) is 0 Å². The highest BCUT2D eigenvalue weighted by atomic mass is 32.2. The molecule has 0 rings (SSSR count). The number of hydrogen-bond donors (Lipinski definition) is 1. The fraction of sp³-hybridized carbons (Fsp3) is 0.800. The summed E-state index contributed by atoms with van der Waals surface area (Å²) >= 11 is 2.00. The van der Waals surface area contributed by atoms with Crippen LogP contribution in [0.4, 0.5) is 0 Å². The van der Waals surface area contributed by atoms with Crippen molar-refractivity contribution < 1.29 is 0 Å². The Morgan fingerprint density at radius 3 is 2.75 bits per heavy atom. The average molecular weight is 187 g/mol. The molecule has 0 radical (unpaired) electrons. The number of rotatable bonds is 8. The highest BCUT2D eigenvalue weighted by Gasteiger charge is 1.93. The molecule has 0 aromatic rings. The molecule has 0 unspecified atom stereocenters. The molecule has 0 aliphatic heterocycles. The maximum Gasteiger partial charge on any atom is 0.0167 e. The van der Waals surface area contributed by atoms with Gasteiger partial charge in [-0.1, -0.05) is 31.9 Å². The van der Waals surface area contributed by atoms with Crippen molar-refractivity contribution in [1.29, 1.82) is 0 Å². The number of likely N-dealkylation sites (N-methyl/N-ethyl adjacent to an activating group) is 1. The van der Waals surface area contributed by atoms with Gasteiger partial charge in [0.25, 0.3) is 0 Å². The Labute approximate surface area is 81.0 Å². The van der Waals surface area contributed by atoms with Crippen molar-refractivity contribution in [2.75, 3.05) is 25.1 Å². The lowest BCUT2D eigenvalue weighted by Gasteiger charge is -2.03. The quantitative estimate of drug-likeness (QED) is 0.463. The molecule has 0 aromatic heterocycles. The second kappa shape index (κ2) is 9.14. The fourth-order valence-corrected chi connectivity index (χ4v) is 1.91. The van der Waals surface area contributed by atoms with E-state index < -0.39 is 0 Å². The molecule has 0 aromatic carbocycles. The predicted octanol–water partition coefficient (Wildman–Crippen LogP) is 2.69. The molecule has 2 heteroatoms. The van der Waals surface area contributed by atoms with Crippen LogP contribution in [0.3, 0.4) is 0 Å². The van der Waals surface area contributed by atoms with E-state index in [0.29, 0.717) is 0 Å². The second-order valence-electron chi connectivity index (χ2n) is 3.04. The SMILES string of the molecule is C=C(CNC)CSCCCCC. The van der Waals surface area contributed by atoms with E-state index in [0.717, 1.165) is 12.3 Å². The van der Waals surface area contributed by atoms with Gasteiger partial charge < -0.3 is 5.32 Å². The van der Waals surface area contributed by atoms with Crippen molar-refractivity contribution >= 4 is 11.8 Å². The van der Waals surface area contributed by atoms with E-state index in [-0.39, 0.29) is 0 Å². The predicted molar refractivity (Wildman–Crippen MR) is 59.9 cm³/mol. The minimum Gasteiger partial charge on any atom is -0.316 e. The van der Waals surface area contributed by atoms with Gasteiger partial charge in [0, 0.05) is 12.3 Å². The van der Waals surface area contributed by atoms with E-state index in [1.807, 2.05) is 18.8 Å². The first kappa shape index (κ1) is 12.0.